The van der Waals surface area contributed by atoms with Gasteiger partial charge in [-0.2, -0.15) is 0 Å². The van der Waals surface area contributed by atoms with Gasteiger partial charge in [-0.15, -0.1) is 0 Å². The van der Waals surface area contributed by atoms with Crippen molar-refractivity contribution in [2.24, 2.45) is 5.92 Å². The second kappa shape index (κ2) is 7.20. The topological polar surface area (TPSA) is 43.7 Å². The van der Waals surface area contributed by atoms with E-state index in [0.29, 0.717) is 12.5 Å². The van der Waals surface area contributed by atoms with Gasteiger partial charge >= 0.3 is 0 Å². The number of piperidine rings is 1. The predicted octanol–water partition coefficient (Wildman–Crippen LogP) is 1.24. The van der Waals surface area contributed by atoms with Crippen LogP contribution in [0.15, 0.2) is 0 Å². The molecule has 90 valence electrons. The van der Waals surface area contributed by atoms with E-state index in [1.54, 1.807) is 0 Å². The fourth-order valence-electron chi connectivity index (χ4n) is 2.31. The summed E-state index contributed by atoms with van der Waals surface area (Å²) in [4.78, 5) is 2.46. The lowest BCUT2D eigenvalue weighted by molar-refractivity contribution is 0.0621. The molecule has 0 aliphatic carbocycles. The third kappa shape index (κ3) is 4.96. The van der Waals surface area contributed by atoms with Crippen molar-refractivity contribution in [3.05, 3.63) is 0 Å². The van der Waals surface area contributed by atoms with Crippen molar-refractivity contribution in [1.82, 2.24) is 4.90 Å². The van der Waals surface area contributed by atoms with Gasteiger partial charge in [0.25, 0.3) is 0 Å². The monoisotopic (exact) mass is 215 g/mol. The van der Waals surface area contributed by atoms with Gasteiger partial charge in [0.15, 0.2) is 0 Å². The molecule has 0 aromatic heterocycles. The van der Waals surface area contributed by atoms with E-state index < -0.39 is 0 Å². The Morgan fingerprint density at radius 3 is 2.80 bits per heavy atom. The Morgan fingerprint density at radius 2 is 2.13 bits per heavy atom. The number of rotatable bonds is 6. The van der Waals surface area contributed by atoms with Crippen LogP contribution in [0.2, 0.25) is 0 Å². The molecule has 0 radical (unpaired) electrons. The molecule has 2 unspecified atom stereocenters. The zero-order valence-corrected chi connectivity index (χ0v) is 9.86. The van der Waals surface area contributed by atoms with E-state index in [-0.39, 0.29) is 6.10 Å². The van der Waals surface area contributed by atoms with E-state index in [4.69, 9.17) is 5.11 Å². The summed E-state index contributed by atoms with van der Waals surface area (Å²) in [5.74, 6) is 0.469. The lowest BCUT2D eigenvalue weighted by atomic mass is 9.93. The van der Waals surface area contributed by atoms with Crippen molar-refractivity contribution in [2.75, 3.05) is 26.2 Å². The number of likely N-dealkylation sites (tertiary alicyclic amines) is 1. The Hall–Kier alpha value is -0.120. The molecule has 0 amide bonds. The Bertz CT molecular complexity index is 162. The molecule has 2 atom stereocenters. The molecule has 1 aliphatic heterocycles. The van der Waals surface area contributed by atoms with Gasteiger partial charge in [-0.25, -0.2) is 0 Å². The number of nitrogens with zero attached hydrogens (tertiary/aromatic N) is 1. The number of hydrogen-bond donors (Lipinski definition) is 2. The summed E-state index contributed by atoms with van der Waals surface area (Å²) < 4.78 is 0. The third-order valence-electron chi connectivity index (χ3n) is 3.36. The largest absolute Gasteiger partial charge is 0.396 e. The highest BCUT2D eigenvalue weighted by molar-refractivity contribution is 4.76. The Morgan fingerprint density at radius 1 is 1.33 bits per heavy atom. The van der Waals surface area contributed by atoms with Gasteiger partial charge < -0.3 is 15.1 Å². The van der Waals surface area contributed by atoms with Gasteiger partial charge in [-0.3, -0.25) is 0 Å². The van der Waals surface area contributed by atoms with Gasteiger partial charge in [-0.05, 0) is 58.0 Å². The molecule has 0 saturated carbocycles. The van der Waals surface area contributed by atoms with Crippen molar-refractivity contribution >= 4 is 0 Å². The molecule has 1 aliphatic rings. The van der Waals surface area contributed by atoms with Crippen LogP contribution >= 0.6 is 0 Å². The van der Waals surface area contributed by atoms with Crippen LogP contribution in [-0.4, -0.2) is 47.5 Å². The van der Waals surface area contributed by atoms with Crippen LogP contribution in [0, 0.1) is 5.92 Å². The minimum Gasteiger partial charge on any atom is -0.396 e. The highest BCUT2D eigenvalue weighted by atomic mass is 16.3. The molecule has 1 heterocycles. The van der Waals surface area contributed by atoms with E-state index in [0.717, 1.165) is 25.9 Å². The maximum atomic E-state index is 9.54. The predicted molar refractivity (Wildman–Crippen MR) is 61.8 cm³/mol. The first-order valence-corrected chi connectivity index (χ1v) is 6.25. The first kappa shape index (κ1) is 12.9. The molecule has 1 saturated heterocycles. The summed E-state index contributed by atoms with van der Waals surface area (Å²) in [7, 11) is 0. The van der Waals surface area contributed by atoms with Crippen LogP contribution in [0.3, 0.4) is 0 Å². The van der Waals surface area contributed by atoms with Gasteiger partial charge in [0.2, 0.25) is 0 Å². The Balaban J connectivity index is 2.13. The minimum absolute atomic E-state index is 0.162. The summed E-state index contributed by atoms with van der Waals surface area (Å²) in [6, 6.07) is 0. The van der Waals surface area contributed by atoms with Crippen molar-refractivity contribution in [3.8, 4) is 0 Å². The van der Waals surface area contributed by atoms with E-state index in [2.05, 4.69) is 4.90 Å². The van der Waals surface area contributed by atoms with Crippen molar-refractivity contribution in [2.45, 2.75) is 45.1 Å². The highest BCUT2D eigenvalue weighted by Gasteiger charge is 2.22. The lowest BCUT2D eigenvalue weighted by Gasteiger charge is -2.34. The van der Waals surface area contributed by atoms with Crippen LogP contribution in [-0.2, 0) is 0 Å². The smallest absolute Gasteiger partial charge is 0.0552 e. The zero-order chi connectivity index (χ0) is 11.1. The normalized spacial score (nSPS) is 25.4. The second-order valence-electron chi connectivity index (χ2n) is 4.73. The van der Waals surface area contributed by atoms with Crippen LogP contribution in [0.1, 0.15) is 39.0 Å². The number of aliphatic hydroxyl groups is 2. The van der Waals surface area contributed by atoms with Gasteiger partial charge in [0.1, 0.15) is 0 Å². The molecule has 15 heavy (non-hydrogen) atoms. The first-order chi connectivity index (χ1) is 7.24. The number of aliphatic hydroxyl groups excluding tert-OH is 2. The minimum atomic E-state index is -0.162. The van der Waals surface area contributed by atoms with Crippen molar-refractivity contribution in [3.63, 3.8) is 0 Å². The van der Waals surface area contributed by atoms with Crippen molar-refractivity contribution in [1.29, 1.82) is 0 Å². The fourth-order valence-corrected chi connectivity index (χ4v) is 2.31. The van der Waals surface area contributed by atoms with Crippen LogP contribution in [0.25, 0.3) is 0 Å². The number of unbranched alkanes of at least 4 members (excludes halogenated alkanes) is 2. The van der Waals surface area contributed by atoms with E-state index >= 15 is 0 Å². The van der Waals surface area contributed by atoms with Crippen LogP contribution in [0.5, 0.6) is 0 Å². The standard InChI is InChI=1S/C12H25NO2/c1-11(15)12-6-5-8-13(10-12)7-3-2-4-9-14/h11-12,14-15H,2-10H2,1H3. The van der Waals surface area contributed by atoms with Gasteiger partial charge in [0.05, 0.1) is 6.10 Å². The van der Waals surface area contributed by atoms with Gasteiger partial charge in [-0.1, -0.05) is 0 Å². The van der Waals surface area contributed by atoms with Gasteiger partial charge in [0, 0.05) is 13.2 Å². The summed E-state index contributed by atoms with van der Waals surface area (Å²) in [6.45, 7) is 5.58. The van der Waals surface area contributed by atoms with E-state index in [1.807, 2.05) is 6.92 Å². The molecular weight excluding hydrogens is 190 g/mol. The Kier molecular flexibility index (Phi) is 6.22. The Labute approximate surface area is 93.1 Å². The molecule has 3 nitrogen and oxygen atoms in total. The van der Waals surface area contributed by atoms with E-state index in [9.17, 15) is 5.11 Å². The quantitative estimate of drug-likeness (QED) is 0.655. The second-order valence-corrected chi connectivity index (χ2v) is 4.73. The molecule has 0 aromatic rings. The van der Waals surface area contributed by atoms with E-state index in [1.165, 1.54) is 25.8 Å². The number of hydrogen-bond acceptors (Lipinski definition) is 3. The molecule has 3 heteroatoms. The van der Waals surface area contributed by atoms with Crippen molar-refractivity contribution < 1.29 is 10.2 Å². The molecular formula is C12H25NO2. The summed E-state index contributed by atoms with van der Waals surface area (Å²) in [6.07, 6.45) is 5.44. The maximum absolute atomic E-state index is 9.54. The van der Waals surface area contributed by atoms with Crippen LogP contribution < -0.4 is 0 Å². The first-order valence-electron chi connectivity index (χ1n) is 6.25. The maximum Gasteiger partial charge on any atom is 0.0552 e. The third-order valence-corrected chi connectivity index (χ3v) is 3.36. The molecule has 0 bridgehead atoms. The summed E-state index contributed by atoms with van der Waals surface area (Å²) >= 11 is 0. The molecule has 1 fully saturated rings. The molecule has 0 aromatic carbocycles. The van der Waals surface area contributed by atoms with Crippen LogP contribution in [0.4, 0.5) is 0 Å². The molecule has 1 rings (SSSR count). The molecule has 0 spiro atoms. The molecule has 2 N–H and O–H groups in total. The average Bonchev–Trinajstić information content (AvgIpc) is 2.25. The lowest BCUT2D eigenvalue weighted by Crippen LogP contribution is -2.39. The SMILES string of the molecule is CC(O)C1CCCN(CCCCCO)C1. The average molecular weight is 215 g/mol. The summed E-state index contributed by atoms with van der Waals surface area (Å²) in [5.41, 5.74) is 0. The fraction of sp³-hybridized carbons (Fsp3) is 1.00. The zero-order valence-electron chi connectivity index (χ0n) is 9.86. The summed E-state index contributed by atoms with van der Waals surface area (Å²) in [5, 5.41) is 18.2. The highest BCUT2D eigenvalue weighted by Crippen LogP contribution is 2.19.